The number of halogens is 3. The number of benzene rings is 1. The summed E-state index contributed by atoms with van der Waals surface area (Å²) in [5, 5.41) is -0.110. The molecular weight excluding hydrogens is 401 g/mol. The largest absolute Gasteiger partial charge is 0.335 e. The van der Waals surface area contributed by atoms with Gasteiger partial charge in [0.05, 0.1) is 10.6 Å². The summed E-state index contributed by atoms with van der Waals surface area (Å²) in [6.45, 7) is 0.718. The van der Waals surface area contributed by atoms with Crippen molar-refractivity contribution in [2.24, 2.45) is 5.92 Å². The maximum absolute atomic E-state index is 12.7. The van der Waals surface area contributed by atoms with Crippen molar-refractivity contribution in [1.29, 1.82) is 0 Å². The van der Waals surface area contributed by atoms with Gasteiger partial charge in [-0.2, -0.15) is 0 Å². The highest BCUT2D eigenvalue weighted by molar-refractivity contribution is 9.10. The van der Waals surface area contributed by atoms with Gasteiger partial charge in [0.25, 0.3) is 15.0 Å². The quantitative estimate of drug-likeness (QED) is 0.696. The molecule has 1 saturated carbocycles. The maximum atomic E-state index is 12.7. The van der Waals surface area contributed by atoms with Crippen LogP contribution in [-0.2, 0) is 9.05 Å². The lowest BCUT2D eigenvalue weighted by molar-refractivity contribution is 0.0703. The number of rotatable bonds is 2. The molecule has 2 unspecified atom stereocenters. The van der Waals surface area contributed by atoms with Crippen molar-refractivity contribution in [1.82, 2.24) is 4.90 Å². The number of likely N-dealkylation sites (tertiary alicyclic amines) is 1. The SMILES string of the molecule is O=C(c1cc(Br)cc(S(=O)(=O)Cl)c1Cl)N1CC2CCC1C2. The fraction of sp³-hybridized carbons (Fsp3) is 0.462. The number of piperidine rings is 1. The Hall–Kier alpha value is -0.300. The standard InChI is InChI=1S/C13H12BrCl2NO3S/c14-8-4-10(12(15)11(5-8)21(16,19)20)13(18)17-6-7-1-2-9(17)3-7/h4-5,7,9H,1-3,6H2. The fourth-order valence-electron chi connectivity index (χ4n) is 3.23. The molecule has 8 heteroatoms. The van der Waals surface area contributed by atoms with Crippen molar-refractivity contribution < 1.29 is 13.2 Å². The number of carbonyl (C=O) groups is 1. The number of hydrogen-bond donors (Lipinski definition) is 0. The van der Waals surface area contributed by atoms with Crippen molar-refractivity contribution in [3.05, 3.63) is 27.2 Å². The predicted octanol–water partition coefficient (Wildman–Crippen LogP) is 3.65. The molecule has 0 spiro atoms. The molecule has 114 valence electrons. The Morgan fingerprint density at radius 1 is 1.33 bits per heavy atom. The highest BCUT2D eigenvalue weighted by Gasteiger charge is 2.41. The Balaban J connectivity index is 2.03. The minimum absolute atomic E-state index is 0.110. The van der Waals surface area contributed by atoms with E-state index in [9.17, 15) is 13.2 Å². The lowest BCUT2D eigenvalue weighted by Gasteiger charge is -2.27. The molecule has 1 aromatic rings. The zero-order valence-corrected chi connectivity index (χ0v) is 14.8. The maximum Gasteiger partial charge on any atom is 0.262 e. The molecule has 2 atom stereocenters. The second-order valence-corrected chi connectivity index (χ2v) is 9.32. The van der Waals surface area contributed by atoms with Crippen LogP contribution >= 0.6 is 38.2 Å². The lowest BCUT2D eigenvalue weighted by atomic mass is 10.1. The molecule has 1 saturated heterocycles. The number of fused-ring (bicyclic) bond motifs is 2. The molecule has 1 aliphatic heterocycles. The van der Waals surface area contributed by atoms with E-state index in [-0.39, 0.29) is 27.4 Å². The van der Waals surface area contributed by atoms with Gasteiger partial charge in [-0.25, -0.2) is 8.42 Å². The summed E-state index contributed by atoms with van der Waals surface area (Å²) in [7, 11) is 1.37. The van der Waals surface area contributed by atoms with Gasteiger partial charge in [0.1, 0.15) is 4.90 Å². The summed E-state index contributed by atoms with van der Waals surface area (Å²) in [6, 6.07) is 3.09. The van der Waals surface area contributed by atoms with Crippen LogP contribution in [0.1, 0.15) is 29.6 Å². The topological polar surface area (TPSA) is 54.5 Å². The summed E-state index contributed by atoms with van der Waals surface area (Å²) >= 11 is 9.31. The van der Waals surface area contributed by atoms with Crippen LogP contribution in [0.3, 0.4) is 0 Å². The van der Waals surface area contributed by atoms with Gasteiger partial charge in [0.15, 0.2) is 0 Å². The number of amides is 1. The number of nitrogens with zero attached hydrogens (tertiary/aromatic N) is 1. The average Bonchev–Trinajstić information content (AvgIpc) is 3.01. The molecule has 21 heavy (non-hydrogen) atoms. The van der Waals surface area contributed by atoms with Crippen molar-refractivity contribution >= 4 is 53.2 Å². The number of hydrogen-bond acceptors (Lipinski definition) is 3. The first-order chi connectivity index (χ1) is 9.77. The van der Waals surface area contributed by atoms with Gasteiger partial charge in [-0.3, -0.25) is 4.79 Å². The van der Waals surface area contributed by atoms with E-state index in [2.05, 4.69) is 15.9 Å². The molecule has 1 heterocycles. The molecule has 1 aromatic carbocycles. The Labute approximate surface area is 140 Å². The zero-order valence-electron chi connectivity index (χ0n) is 10.9. The molecular formula is C13H12BrCl2NO3S. The van der Waals surface area contributed by atoms with Crippen LogP contribution < -0.4 is 0 Å². The third-order valence-corrected chi connectivity index (χ3v) is 6.49. The molecule has 4 nitrogen and oxygen atoms in total. The van der Waals surface area contributed by atoms with E-state index in [1.165, 1.54) is 6.07 Å². The normalized spacial score (nSPS) is 24.6. The molecule has 1 aliphatic carbocycles. The van der Waals surface area contributed by atoms with Gasteiger partial charge in [-0.1, -0.05) is 27.5 Å². The van der Waals surface area contributed by atoms with E-state index >= 15 is 0 Å². The molecule has 1 amide bonds. The van der Waals surface area contributed by atoms with Gasteiger partial charge < -0.3 is 4.90 Å². The Kier molecular flexibility index (Phi) is 4.01. The minimum Gasteiger partial charge on any atom is -0.335 e. The molecule has 2 aliphatic rings. The summed E-state index contributed by atoms with van der Waals surface area (Å²) in [4.78, 5) is 14.2. The van der Waals surface area contributed by atoms with E-state index in [4.69, 9.17) is 22.3 Å². The first-order valence-corrected chi connectivity index (χ1v) is 10.00. The monoisotopic (exact) mass is 411 g/mol. The van der Waals surface area contributed by atoms with Crippen molar-refractivity contribution in [2.75, 3.05) is 6.54 Å². The highest BCUT2D eigenvalue weighted by atomic mass is 79.9. The predicted molar refractivity (Wildman–Crippen MR) is 84.4 cm³/mol. The molecule has 2 bridgehead atoms. The fourth-order valence-corrected chi connectivity index (χ4v) is 5.40. The summed E-state index contributed by atoms with van der Waals surface area (Å²) in [5.74, 6) is 0.330. The first-order valence-electron chi connectivity index (χ1n) is 6.52. The van der Waals surface area contributed by atoms with E-state index in [0.29, 0.717) is 10.4 Å². The highest BCUT2D eigenvalue weighted by Crippen LogP contribution is 2.40. The summed E-state index contributed by atoms with van der Waals surface area (Å²) in [5.41, 5.74) is 0.179. The Morgan fingerprint density at radius 2 is 2.05 bits per heavy atom. The minimum atomic E-state index is -4.01. The van der Waals surface area contributed by atoms with Crippen LogP contribution in [0.2, 0.25) is 5.02 Å². The summed E-state index contributed by atoms with van der Waals surface area (Å²) in [6.07, 6.45) is 3.18. The first kappa shape index (κ1) is 15.6. The van der Waals surface area contributed by atoms with Gasteiger partial charge in [0, 0.05) is 27.7 Å². The molecule has 3 rings (SSSR count). The van der Waals surface area contributed by atoms with Crippen molar-refractivity contribution in [2.45, 2.75) is 30.2 Å². The van der Waals surface area contributed by atoms with Gasteiger partial charge >= 0.3 is 0 Å². The smallest absolute Gasteiger partial charge is 0.262 e. The molecule has 2 fully saturated rings. The van der Waals surface area contributed by atoms with E-state index in [1.807, 2.05) is 0 Å². The zero-order chi connectivity index (χ0) is 15.4. The van der Waals surface area contributed by atoms with Crippen LogP contribution in [0.5, 0.6) is 0 Å². The number of carbonyl (C=O) groups excluding carboxylic acids is 1. The van der Waals surface area contributed by atoms with Crippen LogP contribution in [0.4, 0.5) is 0 Å². The van der Waals surface area contributed by atoms with Crippen LogP contribution in [0.15, 0.2) is 21.5 Å². The van der Waals surface area contributed by atoms with E-state index in [0.717, 1.165) is 25.8 Å². The third-order valence-electron chi connectivity index (χ3n) is 4.17. The molecule has 0 radical (unpaired) electrons. The lowest BCUT2D eigenvalue weighted by Crippen LogP contribution is -2.37. The van der Waals surface area contributed by atoms with Crippen molar-refractivity contribution in [3.8, 4) is 0 Å². The summed E-state index contributed by atoms with van der Waals surface area (Å²) < 4.78 is 23.6. The van der Waals surface area contributed by atoms with Gasteiger partial charge in [0.2, 0.25) is 0 Å². The van der Waals surface area contributed by atoms with Crippen molar-refractivity contribution in [3.63, 3.8) is 0 Å². The second kappa shape index (κ2) is 5.41. The van der Waals surface area contributed by atoms with E-state index in [1.54, 1.807) is 11.0 Å². The molecule has 0 N–H and O–H groups in total. The van der Waals surface area contributed by atoms with Gasteiger partial charge in [-0.05, 0) is 37.3 Å². The van der Waals surface area contributed by atoms with Gasteiger partial charge in [-0.15, -0.1) is 0 Å². The second-order valence-electron chi connectivity index (χ2n) is 5.49. The molecule has 0 aromatic heterocycles. The Bertz CT molecular complexity index is 722. The average molecular weight is 413 g/mol. The third kappa shape index (κ3) is 2.83. The van der Waals surface area contributed by atoms with Crippen LogP contribution in [0.25, 0.3) is 0 Å². The Morgan fingerprint density at radius 3 is 2.57 bits per heavy atom. The van der Waals surface area contributed by atoms with Crippen LogP contribution in [-0.4, -0.2) is 31.8 Å². The van der Waals surface area contributed by atoms with Crippen LogP contribution in [0, 0.1) is 5.92 Å². The van der Waals surface area contributed by atoms with E-state index < -0.39 is 9.05 Å².